The van der Waals surface area contributed by atoms with Crippen molar-refractivity contribution in [1.82, 2.24) is 24.7 Å². The van der Waals surface area contributed by atoms with Gasteiger partial charge in [-0.05, 0) is 20.8 Å². The summed E-state index contributed by atoms with van der Waals surface area (Å²) in [5.74, 6) is 4.09. The predicted molar refractivity (Wildman–Crippen MR) is 81.7 cm³/mol. The first-order valence-corrected chi connectivity index (χ1v) is 7.78. The second kappa shape index (κ2) is 6.71. The number of hydrogen-bond donors (Lipinski definition) is 2. The molecular formula is C12H16F3N7OS. The minimum absolute atomic E-state index is 0.0414. The van der Waals surface area contributed by atoms with Crippen molar-refractivity contribution in [3.8, 4) is 0 Å². The molecule has 132 valence electrons. The van der Waals surface area contributed by atoms with Crippen LogP contribution in [0.4, 0.5) is 19.0 Å². The van der Waals surface area contributed by atoms with Gasteiger partial charge in [0.1, 0.15) is 5.82 Å². The summed E-state index contributed by atoms with van der Waals surface area (Å²) in [6, 6.07) is 1.67. The third kappa shape index (κ3) is 3.80. The fourth-order valence-corrected chi connectivity index (χ4v) is 2.59. The maximum absolute atomic E-state index is 12.6. The fraction of sp³-hybridized carbons (Fsp3) is 0.500. The second-order valence-corrected chi connectivity index (χ2v) is 6.49. The number of nitrogens with zero attached hydrogens (tertiary/aromatic N) is 5. The number of amides is 1. The number of rotatable bonds is 5. The molecular weight excluding hydrogens is 347 g/mol. The molecule has 8 nitrogen and oxygen atoms in total. The Morgan fingerprint density at radius 3 is 2.54 bits per heavy atom. The van der Waals surface area contributed by atoms with E-state index in [0.29, 0.717) is 10.5 Å². The Morgan fingerprint density at radius 2 is 2.00 bits per heavy atom. The molecule has 0 fully saturated rings. The van der Waals surface area contributed by atoms with Crippen molar-refractivity contribution in [3.05, 3.63) is 18.1 Å². The molecule has 1 amide bonds. The van der Waals surface area contributed by atoms with E-state index in [2.05, 4.69) is 20.6 Å². The minimum Gasteiger partial charge on any atom is -0.335 e. The molecule has 0 saturated carbocycles. The normalized spacial score (nSPS) is 13.3. The summed E-state index contributed by atoms with van der Waals surface area (Å²) >= 11 is 0.774. The average Bonchev–Trinajstić information content (AvgIpc) is 3.05. The molecule has 0 unspecified atom stereocenters. The summed E-state index contributed by atoms with van der Waals surface area (Å²) in [6.45, 7) is 5.32. The van der Waals surface area contributed by atoms with E-state index in [-0.39, 0.29) is 11.2 Å². The highest BCUT2D eigenvalue weighted by atomic mass is 32.2. The van der Waals surface area contributed by atoms with Crippen molar-refractivity contribution in [2.24, 2.45) is 0 Å². The lowest BCUT2D eigenvalue weighted by molar-refractivity contribution is -0.146. The van der Waals surface area contributed by atoms with Gasteiger partial charge in [0.05, 0.1) is 11.4 Å². The number of alkyl halides is 3. The smallest absolute Gasteiger partial charge is 0.335 e. The van der Waals surface area contributed by atoms with Crippen LogP contribution in [0.1, 0.15) is 32.6 Å². The Morgan fingerprint density at radius 1 is 1.33 bits per heavy atom. The molecule has 12 heteroatoms. The number of anilines is 1. The van der Waals surface area contributed by atoms with Gasteiger partial charge in [0.15, 0.2) is 0 Å². The van der Waals surface area contributed by atoms with E-state index in [1.54, 1.807) is 16.9 Å². The summed E-state index contributed by atoms with van der Waals surface area (Å²) in [5, 5.41) is 12.2. The maximum Gasteiger partial charge on any atom is 0.453 e. The summed E-state index contributed by atoms with van der Waals surface area (Å²) < 4.78 is 39.8. The Labute approximate surface area is 139 Å². The zero-order valence-electron chi connectivity index (χ0n) is 13.1. The number of thioether (sulfide) groups is 1. The number of nitrogen functional groups attached to an aromatic ring is 1. The number of hydrogen-bond acceptors (Lipinski definition) is 6. The van der Waals surface area contributed by atoms with Gasteiger partial charge in [-0.1, -0.05) is 11.8 Å². The Hall–Kier alpha value is -2.24. The Kier molecular flexibility index (Phi) is 5.06. The number of nitrogens with one attached hydrogen (secondary N) is 1. The van der Waals surface area contributed by atoms with E-state index >= 15 is 0 Å². The molecule has 0 saturated heterocycles. The summed E-state index contributed by atoms with van der Waals surface area (Å²) in [5.41, 5.74) is 0. The molecule has 0 aromatic carbocycles. The van der Waals surface area contributed by atoms with Crippen molar-refractivity contribution in [3.63, 3.8) is 0 Å². The van der Waals surface area contributed by atoms with Gasteiger partial charge in [-0.2, -0.15) is 18.3 Å². The number of aromatic nitrogens is 5. The lowest BCUT2D eigenvalue weighted by atomic mass is 10.4. The largest absolute Gasteiger partial charge is 0.453 e. The van der Waals surface area contributed by atoms with Crippen molar-refractivity contribution in [2.75, 3.05) is 11.2 Å². The maximum atomic E-state index is 12.6. The lowest BCUT2D eigenvalue weighted by Gasteiger charge is -2.14. The predicted octanol–water partition coefficient (Wildman–Crippen LogP) is 1.91. The van der Waals surface area contributed by atoms with Crippen LogP contribution >= 0.6 is 11.8 Å². The Balaban J connectivity index is 2.07. The first-order valence-electron chi connectivity index (χ1n) is 6.90. The molecule has 3 N–H and O–H groups in total. The van der Waals surface area contributed by atoms with Gasteiger partial charge in [0, 0.05) is 12.1 Å². The average molecular weight is 363 g/mol. The van der Waals surface area contributed by atoms with Gasteiger partial charge in [-0.3, -0.25) is 4.79 Å². The van der Waals surface area contributed by atoms with Crippen molar-refractivity contribution in [1.29, 1.82) is 0 Å². The molecule has 0 bridgehead atoms. The number of carbonyl (C=O) groups excluding carboxylic acids is 1. The minimum atomic E-state index is -4.71. The zero-order valence-corrected chi connectivity index (χ0v) is 13.9. The van der Waals surface area contributed by atoms with Gasteiger partial charge in [-0.15, -0.1) is 10.2 Å². The quantitative estimate of drug-likeness (QED) is 0.621. The van der Waals surface area contributed by atoms with Gasteiger partial charge in [0.2, 0.25) is 11.1 Å². The first kappa shape index (κ1) is 18.1. The first-order chi connectivity index (χ1) is 11.1. The Bertz CT molecular complexity index is 725. The molecule has 0 aliphatic rings. The third-order valence-electron chi connectivity index (χ3n) is 2.98. The summed E-state index contributed by atoms with van der Waals surface area (Å²) in [7, 11) is 0. The fourth-order valence-electron chi connectivity index (χ4n) is 1.81. The number of nitrogens with two attached hydrogens (primary N) is 1. The number of carbonyl (C=O) groups is 1. The molecule has 2 rings (SSSR count). The summed E-state index contributed by atoms with van der Waals surface area (Å²) in [6.07, 6.45) is -3.17. The van der Waals surface area contributed by atoms with E-state index in [9.17, 15) is 18.0 Å². The van der Waals surface area contributed by atoms with E-state index in [0.717, 1.165) is 11.8 Å². The zero-order chi connectivity index (χ0) is 18.1. The standard InChI is InChI=1S/C12H16F3N7OS/c1-6(2)22-8(4-5-17-22)18-9(23)7(3)24-11-20-19-10(21(11)16)12(13,14)15/h4-7H,16H2,1-3H3,(H,18,23)/t7-/m1/s1. The molecule has 0 radical (unpaired) electrons. The van der Waals surface area contributed by atoms with Gasteiger partial charge in [-0.25, -0.2) is 9.36 Å². The van der Waals surface area contributed by atoms with Crippen LogP contribution in [0.5, 0.6) is 0 Å². The molecule has 1 atom stereocenters. The SMILES string of the molecule is CC(C)n1nccc1NC(=O)[C@@H](C)Sc1nnc(C(F)(F)F)n1N. The van der Waals surface area contributed by atoms with Crippen LogP contribution in [0.3, 0.4) is 0 Å². The van der Waals surface area contributed by atoms with Crippen LogP contribution in [0.2, 0.25) is 0 Å². The van der Waals surface area contributed by atoms with E-state index in [4.69, 9.17) is 5.84 Å². The van der Waals surface area contributed by atoms with Gasteiger partial charge in [0.25, 0.3) is 5.82 Å². The third-order valence-corrected chi connectivity index (χ3v) is 4.04. The second-order valence-electron chi connectivity index (χ2n) is 5.18. The molecule has 0 aliphatic heterocycles. The highest BCUT2D eigenvalue weighted by Crippen LogP contribution is 2.30. The van der Waals surface area contributed by atoms with Gasteiger partial charge >= 0.3 is 6.18 Å². The van der Waals surface area contributed by atoms with Crippen molar-refractivity contribution < 1.29 is 18.0 Å². The number of halogens is 3. The van der Waals surface area contributed by atoms with Crippen molar-refractivity contribution in [2.45, 2.75) is 43.4 Å². The van der Waals surface area contributed by atoms with Crippen LogP contribution in [0.25, 0.3) is 0 Å². The molecule has 2 heterocycles. The molecule has 0 aliphatic carbocycles. The molecule has 2 aromatic rings. The lowest BCUT2D eigenvalue weighted by Crippen LogP contribution is -2.26. The molecule has 24 heavy (non-hydrogen) atoms. The van der Waals surface area contributed by atoms with Crippen LogP contribution < -0.4 is 11.2 Å². The van der Waals surface area contributed by atoms with Crippen molar-refractivity contribution >= 4 is 23.5 Å². The van der Waals surface area contributed by atoms with Gasteiger partial charge < -0.3 is 11.2 Å². The van der Waals surface area contributed by atoms with Crippen LogP contribution in [-0.4, -0.2) is 35.8 Å². The molecule has 2 aromatic heterocycles. The van der Waals surface area contributed by atoms with Crippen LogP contribution in [-0.2, 0) is 11.0 Å². The summed E-state index contributed by atoms with van der Waals surface area (Å²) in [4.78, 5) is 12.2. The highest BCUT2D eigenvalue weighted by molar-refractivity contribution is 8.00. The highest BCUT2D eigenvalue weighted by Gasteiger charge is 2.38. The van der Waals surface area contributed by atoms with Crippen LogP contribution in [0, 0.1) is 0 Å². The van der Waals surface area contributed by atoms with E-state index < -0.39 is 23.2 Å². The van der Waals surface area contributed by atoms with E-state index in [1.807, 2.05) is 13.8 Å². The van der Waals surface area contributed by atoms with E-state index in [1.165, 1.54) is 6.92 Å². The van der Waals surface area contributed by atoms with Crippen LogP contribution in [0.15, 0.2) is 17.4 Å². The molecule has 0 spiro atoms. The monoisotopic (exact) mass is 363 g/mol. The topological polar surface area (TPSA) is 104 Å².